The number of benzene rings is 1. The quantitative estimate of drug-likeness (QED) is 0.772. The minimum absolute atomic E-state index is 0.393. The van der Waals surface area contributed by atoms with Crippen LogP contribution in [-0.4, -0.2) is 23.8 Å². The number of methoxy groups -OCH3 is 1. The van der Waals surface area contributed by atoms with Gasteiger partial charge in [-0.3, -0.25) is 0 Å². The SMILES string of the molecule is COc1ccc(Cl)c(N(C(=O)OC(C)(C)C)c2cc(C)ccn2)c1. The maximum atomic E-state index is 12.8. The number of carbonyl (C=O) groups excluding carboxylic acids is 1. The van der Waals surface area contributed by atoms with Gasteiger partial charge in [0.1, 0.15) is 17.2 Å². The monoisotopic (exact) mass is 348 g/mol. The Bertz CT molecular complexity index is 741. The summed E-state index contributed by atoms with van der Waals surface area (Å²) in [6.07, 6.45) is 1.08. The first kappa shape index (κ1) is 18.1. The van der Waals surface area contributed by atoms with Crippen molar-refractivity contribution in [3.63, 3.8) is 0 Å². The van der Waals surface area contributed by atoms with Crippen molar-refractivity contribution in [1.82, 2.24) is 4.98 Å². The Kier molecular flexibility index (Phi) is 5.34. The lowest BCUT2D eigenvalue weighted by molar-refractivity contribution is 0.0598. The van der Waals surface area contributed by atoms with Crippen LogP contribution in [0.25, 0.3) is 0 Å². The van der Waals surface area contributed by atoms with Crippen LogP contribution in [-0.2, 0) is 4.74 Å². The summed E-state index contributed by atoms with van der Waals surface area (Å²) in [7, 11) is 1.55. The Labute approximate surface area is 147 Å². The molecule has 0 aliphatic rings. The van der Waals surface area contributed by atoms with E-state index in [1.165, 1.54) is 4.90 Å². The summed E-state index contributed by atoms with van der Waals surface area (Å²) in [5, 5.41) is 0.393. The molecule has 2 aromatic rings. The molecule has 0 saturated heterocycles. The predicted molar refractivity (Wildman–Crippen MR) is 95.4 cm³/mol. The molecule has 0 saturated carbocycles. The number of amides is 1. The molecule has 1 aromatic heterocycles. The number of aryl methyl sites for hydroxylation is 1. The minimum atomic E-state index is -0.648. The molecular weight excluding hydrogens is 328 g/mol. The third-order valence-electron chi connectivity index (χ3n) is 3.10. The van der Waals surface area contributed by atoms with Crippen molar-refractivity contribution in [3.8, 4) is 5.75 Å². The number of pyridine rings is 1. The summed E-state index contributed by atoms with van der Waals surface area (Å²) >= 11 is 6.32. The maximum absolute atomic E-state index is 12.8. The van der Waals surface area contributed by atoms with Crippen molar-refractivity contribution < 1.29 is 14.3 Å². The van der Waals surface area contributed by atoms with Crippen LogP contribution in [0.2, 0.25) is 5.02 Å². The van der Waals surface area contributed by atoms with Gasteiger partial charge < -0.3 is 9.47 Å². The average molecular weight is 349 g/mol. The zero-order valence-corrected chi connectivity index (χ0v) is 15.2. The van der Waals surface area contributed by atoms with Crippen molar-refractivity contribution >= 4 is 29.2 Å². The van der Waals surface area contributed by atoms with Gasteiger partial charge in [-0.05, 0) is 57.5 Å². The molecule has 1 aromatic carbocycles. The van der Waals surface area contributed by atoms with Gasteiger partial charge in [-0.25, -0.2) is 14.7 Å². The second kappa shape index (κ2) is 7.09. The fourth-order valence-electron chi connectivity index (χ4n) is 2.06. The smallest absolute Gasteiger partial charge is 0.420 e. The van der Waals surface area contributed by atoms with Gasteiger partial charge in [-0.2, -0.15) is 0 Å². The standard InChI is InChI=1S/C18H21ClN2O3/c1-12-8-9-20-16(10-12)21(17(22)24-18(2,3)4)15-11-13(23-5)6-7-14(15)19/h6-11H,1-5H3. The fraction of sp³-hybridized carbons (Fsp3) is 0.333. The number of hydrogen-bond acceptors (Lipinski definition) is 4. The minimum Gasteiger partial charge on any atom is -0.497 e. The second-order valence-corrected chi connectivity index (χ2v) is 6.73. The lowest BCUT2D eigenvalue weighted by atomic mass is 10.2. The first-order chi connectivity index (χ1) is 11.2. The van der Waals surface area contributed by atoms with Gasteiger partial charge in [0.25, 0.3) is 0 Å². The fourth-order valence-corrected chi connectivity index (χ4v) is 2.26. The zero-order chi connectivity index (χ0) is 17.9. The number of hydrogen-bond donors (Lipinski definition) is 0. The van der Waals surface area contributed by atoms with E-state index >= 15 is 0 Å². The second-order valence-electron chi connectivity index (χ2n) is 6.32. The lowest BCUT2D eigenvalue weighted by Crippen LogP contribution is -2.34. The van der Waals surface area contributed by atoms with Crippen molar-refractivity contribution in [2.24, 2.45) is 0 Å². The summed E-state index contributed by atoms with van der Waals surface area (Å²) in [6.45, 7) is 7.34. The molecule has 0 fully saturated rings. The number of carbonyl (C=O) groups is 1. The summed E-state index contributed by atoms with van der Waals surface area (Å²) in [4.78, 5) is 18.4. The van der Waals surface area contributed by atoms with Crippen molar-refractivity contribution in [2.45, 2.75) is 33.3 Å². The largest absolute Gasteiger partial charge is 0.497 e. The van der Waals surface area contributed by atoms with Crippen LogP contribution in [0, 0.1) is 6.92 Å². The first-order valence-electron chi connectivity index (χ1n) is 7.50. The molecule has 0 aliphatic carbocycles. The van der Waals surface area contributed by atoms with Crippen LogP contribution in [0.5, 0.6) is 5.75 Å². The van der Waals surface area contributed by atoms with E-state index in [1.807, 2.05) is 13.0 Å². The van der Waals surface area contributed by atoms with E-state index in [2.05, 4.69) is 4.98 Å². The van der Waals surface area contributed by atoms with Gasteiger partial charge in [0.2, 0.25) is 0 Å². The van der Waals surface area contributed by atoms with E-state index in [0.29, 0.717) is 22.3 Å². The number of halogens is 1. The van der Waals surface area contributed by atoms with Crippen LogP contribution in [0.3, 0.4) is 0 Å². The topological polar surface area (TPSA) is 51.7 Å². The molecule has 0 N–H and O–H groups in total. The summed E-state index contributed by atoms with van der Waals surface area (Å²) < 4.78 is 10.8. The number of rotatable bonds is 3. The maximum Gasteiger partial charge on any atom is 0.420 e. The highest BCUT2D eigenvalue weighted by molar-refractivity contribution is 6.34. The molecule has 6 heteroatoms. The zero-order valence-electron chi connectivity index (χ0n) is 14.5. The van der Waals surface area contributed by atoms with Crippen molar-refractivity contribution in [2.75, 3.05) is 12.0 Å². The Morgan fingerprint density at radius 3 is 2.50 bits per heavy atom. The molecule has 0 aliphatic heterocycles. The Morgan fingerprint density at radius 1 is 1.21 bits per heavy atom. The van der Waals surface area contributed by atoms with E-state index in [1.54, 1.807) is 58.3 Å². The van der Waals surface area contributed by atoms with Crippen LogP contribution < -0.4 is 9.64 Å². The third-order valence-corrected chi connectivity index (χ3v) is 3.42. The molecule has 2 rings (SSSR count). The van der Waals surface area contributed by atoms with E-state index in [-0.39, 0.29) is 0 Å². The van der Waals surface area contributed by atoms with E-state index in [4.69, 9.17) is 21.1 Å². The highest BCUT2D eigenvalue weighted by Crippen LogP contribution is 2.35. The molecule has 0 bridgehead atoms. The van der Waals surface area contributed by atoms with Crippen LogP contribution in [0.4, 0.5) is 16.3 Å². The van der Waals surface area contributed by atoms with Gasteiger partial charge in [-0.1, -0.05) is 11.6 Å². The number of aromatic nitrogens is 1. The van der Waals surface area contributed by atoms with Crippen LogP contribution >= 0.6 is 11.6 Å². The molecule has 128 valence electrons. The van der Waals surface area contributed by atoms with Gasteiger partial charge >= 0.3 is 6.09 Å². The first-order valence-corrected chi connectivity index (χ1v) is 7.88. The highest BCUT2D eigenvalue weighted by Gasteiger charge is 2.27. The summed E-state index contributed by atoms with van der Waals surface area (Å²) in [5.74, 6) is 1.01. The molecule has 1 amide bonds. The summed E-state index contributed by atoms with van der Waals surface area (Å²) in [6, 6.07) is 8.71. The predicted octanol–water partition coefficient (Wildman–Crippen LogP) is 5.13. The van der Waals surface area contributed by atoms with Crippen LogP contribution in [0.15, 0.2) is 36.5 Å². The van der Waals surface area contributed by atoms with Gasteiger partial charge in [-0.15, -0.1) is 0 Å². The molecule has 1 heterocycles. The van der Waals surface area contributed by atoms with Crippen LogP contribution in [0.1, 0.15) is 26.3 Å². The number of nitrogens with zero attached hydrogens (tertiary/aromatic N) is 2. The Balaban J connectivity index is 2.57. The highest BCUT2D eigenvalue weighted by atomic mass is 35.5. The molecule has 0 atom stereocenters. The molecule has 0 spiro atoms. The molecule has 24 heavy (non-hydrogen) atoms. The van der Waals surface area contributed by atoms with Crippen molar-refractivity contribution in [3.05, 3.63) is 47.1 Å². The van der Waals surface area contributed by atoms with Gasteiger partial charge in [0, 0.05) is 12.3 Å². The molecule has 0 radical (unpaired) electrons. The molecular formula is C18H21ClN2O3. The Hall–Kier alpha value is -2.27. The third kappa shape index (κ3) is 4.38. The molecule has 5 nitrogen and oxygen atoms in total. The average Bonchev–Trinajstić information content (AvgIpc) is 2.47. The van der Waals surface area contributed by atoms with Gasteiger partial charge in [0.15, 0.2) is 0 Å². The molecule has 0 unspecified atom stereocenters. The van der Waals surface area contributed by atoms with Gasteiger partial charge in [0.05, 0.1) is 17.8 Å². The van der Waals surface area contributed by atoms with E-state index in [0.717, 1.165) is 5.56 Å². The van der Waals surface area contributed by atoms with E-state index < -0.39 is 11.7 Å². The summed E-state index contributed by atoms with van der Waals surface area (Å²) in [5.41, 5.74) is 0.765. The number of anilines is 2. The van der Waals surface area contributed by atoms with Crippen molar-refractivity contribution in [1.29, 1.82) is 0 Å². The normalized spacial score (nSPS) is 11.1. The number of ether oxygens (including phenoxy) is 2. The lowest BCUT2D eigenvalue weighted by Gasteiger charge is -2.27. The van der Waals surface area contributed by atoms with E-state index in [9.17, 15) is 4.79 Å². The Morgan fingerprint density at radius 2 is 1.92 bits per heavy atom.